The van der Waals surface area contributed by atoms with Crippen molar-refractivity contribution in [1.82, 2.24) is 0 Å². The van der Waals surface area contributed by atoms with Crippen molar-refractivity contribution in [1.29, 1.82) is 0 Å². The van der Waals surface area contributed by atoms with E-state index >= 15 is 0 Å². The maximum Gasteiger partial charge on any atom is 0.187 e. The van der Waals surface area contributed by atoms with Crippen LogP contribution in [0.1, 0.15) is 0 Å². The summed E-state index contributed by atoms with van der Waals surface area (Å²) in [6, 6.07) is 0. The first-order chi connectivity index (χ1) is 21.9. The monoisotopic (exact) mass is 675 g/mol. The van der Waals surface area contributed by atoms with Gasteiger partial charge in [-0.05, 0) is 5.53 Å². The van der Waals surface area contributed by atoms with Crippen LogP contribution in [0, 0.1) is 0 Å². The Labute approximate surface area is 260 Å². The third kappa shape index (κ3) is 8.22. The molecule has 0 spiro atoms. The number of rotatable bonds is 12. The van der Waals surface area contributed by atoms with Gasteiger partial charge in [0.25, 0.3) is 0 Å². The van der Waals surface area contributed by atoms with E-state index in [4.69, 9.17) is 43.4 Å². The van der Waals surface area contributed by atoms with E-state index in [9.17, 15) is 56.2 Å². The highest BCUT2D eigenvalue weighted by atomic mass is 16.8. The third-order valence-electron chi connectivity index (χ3n) is 7.93. The van der Waals surface area contributed by atoms with E-state index in [1.54, 1.807) is 0 Å². The predicted molar refractivity (Wildman–Crippen MR) is 140 cm³/mol. The lowest BCUT2D eigenvalue weighted by Crippen LogP contribution is -2.66. The minimum atomic E-state index is -1.92. The van der Waals surface area contributed by atoms with Crippen LogP contribution in [0.15, 0.2) is 5.11 Å². The number of ether oxygens (including phenoxy) is 8. The van der Waals surface area contributed by atoms with Gasteiger partial charge in [-0.3, -0.25) is 0 Å². The predicted octanol–water partition coefficient (Wildman–Crippen LogP) is -7.14. The zero-order valence-corrected chi connectivity index (χ0v) is 24.2. The summed E-state index contributed by atoms with van der Waals surface area (Å²) in [5.74, 6) is 0. The molecule has 11 unspecified atom stereocenters. The molecule has 0 saturated carbocycles. The average molecular weight is 676 g/mol. The molecule has 0 amide bonds. The molecule has 4 aliphatic heterocycles. The summed E-state index contributed by atoms with van der Waals surface area (Å²) in [4.78, 5) is 2.56. The molecule has 22 nitrogen and oxygen atoms in total. The fourth-order valence-corrected chi connectivity index (χ4v) is 5.36. The maximum absolute atomic E-state index is 11.1. The number of nitrogens with zero attached hydrogens (tertiary/aromatic N) is 3. The first kappa shape index (κ1) is 37.4. The molecular formula is C24H41N3O19. The molecule has 11 N–H and O–H groups in total. The molecule has 4 fully saturated rings. The number of hydrogen-bond acceptors (Lipinski definition) is 20. The molecule has 0 aromatic carbocycles. The zero-order chi connectivity index (χ0) is 33.7. The summed E-state index contributed by atoms with van der Waals surface area (Å²) in [6.45, 7) is -2.90. The number of azide groups is 1. The first-order valence-electron chi connectivity index (χ1n) is 14.4. The van der Waals surface area contributed by atoms with Crippen LogP contribution in [0.25, 0.3) is 10.4 Å². The highest BCUT2D eigenvalue weighted by molar-refractivity contribution is 4.96. The third-order valence-corrected chi connectivity index (χ3v) is 7.93. The van der Waals surface area contributed by atoms with Gasteiger partial charge in [-0.25, -0.2) is 0 Å². The van der Waals surface area contributed by atoms with Crippen molar-refractivity contribution in [3.63, 3.8) is 0 Å². The van der Waals surface area contributed by atoms with Gasteiger partial charge in [-0.1, -0.05) is 5.11 Å². The molecule has 0 aliphatic carbocycles. The summed E-state index contributed by atoms with van der Waals surface area (Å²) in [5, 5.41) is 117. The van der Waals surface area contributed by atoms with Crippen LogP contribution in [-0.2, 0) is 37.9 Å². The second-order valence-corrected chi connectivity index (χ2v) is 11.1. The molecule has 46 heavy (non-hydrogen) atoms. The van der Waals surface area contributed by atoms with Crippen molar-refractivity contribution in [3.8, 4) is 0 Å². The smallest absolute Gasteiger partial charge is 0.187 e. The minimum absolute atomic E-state index is 0.128. The number of hydrogen-bond donors (Lipinski definition) is 11. The highest BCUT2D eigenvalue weighted by Gasteiger charge is 2.53. The molecule has 0 aromatic rings. The number of aliphatic hydroxyl groups is 11. The Morgan fingerprint density at radius 1 is 0.587 bits per heavy atom. The van der Waals surface area contributed by atoms with Crippen LogP contribution in [0.4, 0.5) is 0 Å². The second-order valence-electron chi connectivity index (χ2n) is 11.1. The topological polar surface area (TPSA) is 345 Å². The van der Waals surface area contributed by atoms with E-state index in [0.717, 1.165) is 0 Å². The van der Waals surface area contributed by atoms with Crippen LogP contribution in [0.2, 0.25) is 0 Å². The quantitative estimate of drug-likeness (QED) is 0.0396. The number of aliphatic hydroxyl groups excluding tert-OH is 11. The Balaban J connectivity index is 1.45. The van der Waals surface area contributed by atoms with Crippen LogP contribution in [-0.4, -0.2) is 206 Å². The molecule has 18 atom stereocenters. The summed E-state index contributed by atoms with van der Waals surface area (Å²) >= 11 is 0. The Morgan fingerprint density at radius 3 is 1.63 bits per heavy atom. The van der Waals surface area contributed by atoms with Crippen molar-refractivity contribution in [2.45, 2.75) is 111 Å². The summed E-state index contributed by atoms with van der Waals surface area (Å²) in [6.07, 6.45) is -29.9. The van der Waals surface area contributed by atoms with Crippen molar-refractivity contribution < 1.29 is 94.1 Å². The van der Waals surface area contributed by atoms with E-state index in [1.165, 1.54) is 0 Å². The molecule has 0 bridgehead atoms. The van der Waals surface area contributed by atoms with Crippen molar-refractivity contribution in [3.05, 3.63) is 10.4 Å². The Kier molecular flexibility index (Phi) is 13.6. The summed E-state index contributed by atoms with van der Waals surface area (Å²) < 4.78 is 43.5. The van der Waals surface area contributed by atoms with Gasteiger partial charge in [-0.15, -0.1) is 0 Å². The normalized spacial score (nSPS) is 48.5. The first-order valence-corrected chi connectivity index (χ1v) is 14.4. The van der Waals surface area contributed by atoms with Crippen molar-refractivity contribution in [2.75, 3.05) is 39.6 Å². The van der Waals surface area contributed by atoms with E-state index < -0.39 is 137 Å². The Morgan fingerprint density at radius 2 is 1.07 bits per heavy atom. The van der Waals surface area contributed by atoms with Gasteiger partial charge in [0, 0.05) is 11.5 Å². The Hall–Kier alpha value is -1.45. The molecule has 4 aliphatic rings. The fourth-order valence-electron chi connectivity index (χ4n) is 5.36. The van der Waals surface area contributed by atoms with E-state index in [0.29, 0.717) is 0 Å². The van der Waals surface area contributed by atoms with Gasteiger partial charge in [0.2, 0.25) is 0 Å². The molecule has 266 valence electrons. The fraction of sp³-hybridized carbons (Fsp3) is 1.00. The van der Waals surface area contributed by atoms with Gasteiger partial charge < -0.3 is 94.1 Å². The molecule has 0 aromatic heterocycles. The summed E-state index contributed by atoms with van der Waals surface area (Å²) in [7, 11) is 0. The minimum Gasteiger partial charge on any atom is -0.394 e. The van der Waals surface area contributed by atoms with Gasteiger partial charge >= 0.3 is 0 Å². The van der Waals surface area contributed by atoms with E-state index in [1.807, 2.05) is 0 Å². The standard InChI is InChI=1S/C24H41N3O19/c25-27-26-1-2-39-22-16(37)19(12(33)9(3-28)42-22)46-23-15(36)18(8(31)6-41-23)44-24-17(38)20(13(34)10(4-29)43-24)45-21-14(35)11(32)7(30)5-40-21/h7-24,28-38H,1-6H2/t7-,8-,9?,10?,11?,12-,13-,14?,15?,16?,17?,18?,19?,20?,21?,22-,23-,24+/m1/s1. The van der Waals surface area contributed by atoms with Crippen LogP contribution in [0.3, 0.4) is 0 Å². The lowest BCUT2D eigenvalue weighted by Gasteiger charge is -2.47. The zero-order valence-electron chi connectivity index (χ0n) is 24.2. The lowest BCUT2D eigenvalue weighted by atomic mass is 9.97. The van der Waals surface area contributed by atoms with Crippen LogP contribution < -0.4 is 0 Å². The van der Waals surface area contributed by atoms with Gasteiger partial charge in [0.05, 0.1) is 33.0 Å². The van der Waals surface area contributed by atoms with Crippen LogP contribution in [0.5, 0.6) is 0 Å². The van der Waals surface area contributed by atoms with Crippen LogP contribution >= 0.6 is 0 Å². The van der Waals surface area contributed by atoms with Crippen molar-refractivity contribution >= 4 is 0 Å². The van der Waals surface area contributed by atoms with E-state index in [-0.39, 0.29) is 13.2 Å². The Bertz CT molecular complexity index is 998. The molecule has 0 radical (unpaired) electrons. The van der Waals surface area contributed by atoms with Gasteiger partial charge in [0.1, 0.15) is 85.5 Å². The maximum atomic E-state index is 11.1. The van der Waals surface area contributed by atoms with Gasteiger partial charge in [-0.2, -0.15) is 0 Å². The second kappa shape index (κ2) is 16.8. The molecular weight excluding hydrogens is 634 g/mol. The van der Waals surface area contributed by atoms with Gasteiger partial charge in [0.15, 0.2) is 25.2 Å². The molecule has 4 heterocycles. The molecule has 4 saturated heterocycles. The largest absolute Gasteiger partial charge is 0.394 e. The van der Waals surface area contributed by atoms with Crippen molar-refractivity contribution in [2.24, 2.45) is 5.11 Å². The average Bonchev–Trinajstić information content (AvgIpc) is 3.04. The molecule has 22 heteroatoms. The SMILES string of the molecule is [N-]=[N+]=NCCO[C@@H]1OC(CO)[C@@H](O)C(O[C@H]2OC[C@@H](O)C(O[C@@H]3OC(CO)[C@@H](O)C(OC4OC[C@@H](O)C(O)C4O)C3O)C2O)C1O. The highest BCUT2D eigenvalue weighted by Crippen LogP contribution is 2.32. The lowest BCUT2D eigenvalue weighted by molar-refractivity contribution is -0.379. The van der Waals surface area contributed by atoms with E-state index in [2.05, 4.69) is 10.0 Å². The summed E-state index contributed by atoms with van der Waals surface area (Å²) in [5.41, 5.74) is 8.41. The molecule has 4 rings (SSSR count).